The van der Waals surface area contributed by atoms with Gasteiger partial charge in [-0.05, 0) is 57.8 Å². The van der Waals surface area contributed by atoms with Crippen molar-refractivity contribution in [3.63, 3.8) is 0 Å². The van der Waals surface area contributed by atoms with E-state index in [4.69, 9.17) is 9.47 Å². The van der Waals surface area contributed by atoms with Crippen LogP contribution in [0.3, 0.4) is 0 Å². The molecule has 5 heteroatoms. The molecular weight excluding hydrogens is 1000 g/mol. The summed E-state index contributed by atoms with van der Waals surface area (Å²) < 4.78 is 10.8. The number of unbranched alkanes of at least 4 members (excludes halogenated alkanes) is 51. The first-order valence-electron chi connectivity index (χ1n) is 36.8. The molecule has 0 amide bonds. The Labute approximate surface area is 512 Å². The number of aliphatic hydroxyl groups is 1. The molecule has 0 aliphatic heterocycles. The summed E-state index contributed by atoms with van der Waals surface area (Å²) in [5.41, 5.74) is 0. The van der Waals surface area contributed by atoms with Crippen LogP contribution < -0.4 is 0 Å². The molecule has 5 nitrogen and oxygen atoms in total. The van der Waals surface area contributed by atoms with Crippen LogP contribution >= 0.6 is 0 Å². The van der Waals surface area contributed by atoms with Crippen LogP contribution in [-0.4, -0.2) is 36.4 Å². The normalized spacial score (nSPS) is 12.5. The minimum absolute atomic E-state index is 0.0643. The average Bonchev–Trinajstić information content (AvgIpc) is 3.49. The number of hydrogen-bond donors (Lipinski definition) is 1. The Kier molecular flexibility index (Phi) is 70.7. The van der Waals surface area contributed by atoms with Crippen LogP contribution in [0.2, 0.25) is 0 Å². The third-order valence-corrected chi connectivity index (χ3v) is 16.8. The lowest BCUT2D eigenvalue weighted by atomic mass is 10.0. The monoisotopic (exact) mass is 1150 g/mol. The highest BCUT2D eigenvalue weighted by atomic mass is 16.6. The Morgan fingerprint density at radius 1 is 0.293 bits per heavy atom. The second kappa shape index (κ2) is 72.9. The van der Waals surface area contributed by atoms with E-state index in [1.54, 1.807) is 0 Å². The summed E-state index contributed by atoms with van der Waals surface area (Å²) in [6.45, 7) is 4.08. The van der Waals surface area contributed by atoms with Crippen LogP contribution in [0.5, 0.6) is 0 Å². The lowest BCUT2D eigenvalue weighted by molar-refractivity contribution is -0.161. The third kappa shape index (κ3) is 70.1. The van der Waals surface area contributed by atoms with Gasteiger partial charge in [-0.15, -0.1) is 0 Å². The molecule has 0 fully saturated rings. The van der Waals surface area contributed by atoms with Gasteiger partial charge in [-0.3, -0.25) is 9.59 Å². The van der Waals surface area contributed by atoms with Crippen LogP contribution in [0.25, 0.3) is 0 Å². The molecule has 0 saturated heterocycles. The molecule has 0 saturated carbocycles. The van der Waals surface area contributed by atoms with E-state index in [0.717, 1.165) is 70.6 Å². The summed E-state index contributed by atoms with van der Waals surface area (Å²) in [6.07, 6.45) is 100. The molecule has 0 bridgehead atoms. The number of hydrogen-bond acceptors (Lipinski definition) is 5. The minimum atomic E-state index is -0.776. The summed E-state index contributed by atoms with van der Waals surface area (Å²) >= 11 is 0. The fraction of sp³-hybridized carbons (Fsp3) is 0.844. The largest absolute Gasteiger partial charge is 0.462 e. The molecule has 0 heterocycles. The minimum Gasteiger partial charge on any atom is -0.462 e. The topological polar surface area (TPSA) is 72.8 Å². The van der Waals surface area contributed by atoms with Crippen LogP contribution in [0, 0.1) is 0 Å². The van der Waals surface area contributed by atoms with Gasteiger partial charge in [0.2, 0.25) is 0 Å². The number of aliphatic hydroxyl groups excluding tert-OH is 1. The summed E-state index contributed by atoms with van der Waals surface area (Å²) in [5, 5.41) is 9.70. The lowest BCUT2D eigenvalue weighted by Gasteiger charge is -2.15. The third-order valence-electron chi connectivity index (χ3n) is 16.8. The van der Waals surface area contributed by atoms with E-state index >= 15 is 0 Å². The molecule has 1 unspecified atom stereocenters. The SMILES string of the molecule is CC/C=C\C/C=C\C/C=C\C/C=C\C/C=C\CCCCCCCCCCCCCC(=O)OC(CO)COC(=O)CCCCCCCCCCCCCCCCCCCCCCCCCCCCCCCCCCCCCCCCCCC. The maximum atomic E-state index is 12.4. The van der Waals surface area contributed by atoms with Crippen molar-refractivity contribution in [1.29, 1.82) is 0 Å². The number of ether oxygens (including phenoxy) is 2. The highest BCUT2D eigenvalue weighted by Gasteiger charge is 2.16. The van der Waals surface area contributed by atoms with E-state index in [2.05, 4.69) is 74.6 Å². The van der Waals surface area contributed by atoms with Crippen molar-refractivity contribution in [2.45, 2.75) is 405 Å². The van der Waals surface area contributed by atoms with Crippen LogP contribution in [0.4, 0.5) is 0 Å². The van der Waals surface area contributed by atoms with Gasteiger partial charge in [0.15, 0.2) is 6.10 Å². The summed E-state index contributed by atoms with van der Waals surface area (Å²) in [7, 11) is 0. The van der Waals surface area contributed by atoms with E-state index in [1.807, 2.05) is 0 Å². The zero-order chi connectivity index (χ0) is 59.1. The quantitative estimate of drug-likeness (QED) is 0.0373. The summed E-state index contributed by atoms with van der Waals surface area (Å²) in [5.74, 6) is -0.577. The second-order valence-corrected chi connectivity index (χ2v) is 25.0. The van der Waals surface area contributed by atoms with Gasteiger partial charge in [0.1, 0.15) is 6.61 Å². The molecule has 1 atom stereocenters. The molecule has 0 rings (SSSR count). The van der Waals surface area contributed by atoms with E-state index in [0.29, 0.717) is 12.8 Å². The van der Waals surface area contributed by atoms with Gasteiger partial charge in [0.25, 0.3) is 0 Å². The molecule has 0 aliphatic rings. The molecule has 0 radical (unpaired) electrons. The van der Waals surface area contributed by atoms with Gasteiger partial charge >= 0.3 is 11.9 Å². The van der Waals surface area contributed by atoms with Gasteiger partial charge in [0, 0.05) is 12.8 Å². The zero-order valence-corrected chi connectivity index (χ0v) is 55.3. The predicted molar refractivity (Wildman–Crippen MR) is 362 cm³/mol. The highest BCUT2D eigenvalue weighted by Crippen LogP contribution is 2.19. The van der Waals surface area contributed by atoms with Crippen molar-refractivity contribution in [2.75, 3.05) is 13.2 Å². The Balaban J connectivity index is 3.37. The fourth-order valence-corrected chi connectivity index (χ4v) is 11.4. The smallest absolute Gasteiger partial charge is 0.306 e. The van der Waals surface area contributed by atoms with Gasteiger partial charge in [0.05, 0.1) is 6.61 Å². The highest BCUT2D eigenvalue weighted by molar-refractivity contribution is 5.70. The maximum absolute atomic E-state index is 12.4. The number of rotatable bonds is 69. The molecule has 0 spiro atoms. The first kappa shape index (κ1) is 79.6. The van der Waals surface area contributed by atoms with Crippen molar-refractivity contribution < 1.29 is 24.2 Å². The molecule has 480 valence electrons. The molecular formula is C77H142O5. The maximum Gasteiger partial charge on any atom is 0.306 e. The van der Waals surface area contributed by atoms with Crippen LogP contribution in [-0.2, 0) is 19.1 Å². The number of carbonyl (C=O) groups excluding carboxylic acids is 2. The standard InChI is InChI=1S/C77H142O5/c1-3-5-7-9-11-13-15-17-19-21-23-25-27-29-31-32-33-34-35-36-37-38-39-40-41-42-43-44-46-47-49-51-53-55-57-59-61-63-65-67-69-71-76(79)81-74-75(73-78)82-77(80)72-70-68-66-64-62-60-58-56-54-52-50-48-45-30-28-26-24-22-20-18-16-14-12-10-8-6-4-2/h6,8,12,14,18,20,24,26,30,45,75,78H,3-5,7,9-11,13,15-17,19,21-23,25,27-29,31-44,46-74H2,1-2H3/b8-6-,14-12-,20-18-,26-24-,45-30-. The summed E-state index contributed by atoms with van der Waals surface area (Å²) in [4.78, 5) is 24.7. The van der Waals surface area contributed by atoms with Crippen LogP contribution in [0.1, 0.15) is 399 Å². The summed E-state index contributed by atoms with van der Waals surface area (Å²) in [6, 6.07) is 0. The molecule has 0 aliphatic carbocycles. The Hall–Kier alpha value is -2.40. The molecule has 0 aromatic rings. The second-order valence-electron chi connectivity index (χ2n) is 25.0. The van der Waals surface area contributed by atoms with E-state index in [-0.39, 0.29) is 25.2 Å². The van der Waals surface area contributed by atoms with E-state index < -0.39 is 6.10 Å². The van der Waals surface area contributed by atoms with Crippen LogP contribution in [0.15, 0.2) is 60.8 Å². The Bertz CT molecular complexity index is 1390. The van der Waals surface area contributed by atoms with Crippen molar-refractivity contribution >= 4 is 11.9 Å². The van der Waals surface area contributed by atoms with Crippen molar-refractivity contribution in [2.24, 2.45) is 0 Å². The lowest BCUT2D eigenvalue weighted by Crippen LogP contribution is -2.28. The van der Waals surface area contributed by atoms with Gasteiger partial charge in [-0.25, -0.2) is 0 Å². The van der Waals surface area contributed by atoms with Gasteiger partial charge in [-0.1, -0.05) is 389 Å². The van der Waals surface area contributed by atoms with E-state index in [1.165, 1.54) is 302 Å². The van der Waals surface area contributed by atoms with Gasteiger partial charge in [-0.2, -0.15) is 0 Å². The fourth-order valence-electron chi connectivity index (χ4n) is 11.4. The van der Waals surface area contributed by atoms with E-state index in [9.17, 15) is 14.7 Å². The number of esters is 2. The molecule has 1 N–H and O–H groups in total. The average molecular weight is 1150 g/mol. The predicted octanol–water partition coefficient (Wildman–Crippen LogP) is 25.7. The van der Waals surface area contributed by atoms with Crippen molar-refractivity contribution in [3.8, 4) is 0 Å². The first-order valence-corrected chi connectivity index (χ1v) is 36.8. The van der Waals surface area contributed by atoms with Gasteiger partial charge < -0.3 is 14.6 Å². The molecule has 0 aromatic heterocycles. The number of carbonyl (C=O) groups is 2. The van der Waals surface area contributed by atoms with Crippen molar-refractivity contribution in [1.82, 2.24) is 0 Å². The number of allylic oxidation sites excluding steroid dienone is 10. The Morgan fingerprint density at radius 2 is 0.524 bits per heavy atom. The zero-order valence-electron chi connectivity index (χ0n) is 55.3. The molecule has 82 heavy (non-hydrogen) atoms. The Morgan fingerprint density at radius 3 is 0.793 bits per heavy atom. The van der Waals surface area contributed by atoms with Crippen molar-refractivity contribution in [3.05, 3.63) is 60.8 Å². The molecule has 0 aromatic carbocycles. The first-order chi connectivity index (χ1) is 40.6.